The van der Waals surface area contributed by atoms with Gasteiger partial charge in [-0.1, -0.05) is 19.4 Å². The van der Waals surface area contributed by atoms with Crippen molar-refractivity contribution in [1.82, 2.24) is 0 Å². The molecule has 0 bridgehead atoms. The van der Waals surface area contributed by atoms with Crippen molar-refractivity contribution in [3.05, 3.63) is 11.6 Å². The summed E-state index contributed by atoms with van der Waals surface area (Å²) in [7, 11) is 0. The molecule has 0 aromatic carbocycles. The van der Waals surface area contributed by atoms with Crippen LogP contribution in [0.1, 0.15) is 27.2 Å². The summed E-state index contributed by atoms with van der Waals surface area (Å²) in [5.41, 5.74) is 0.932. The molecule has 0 saturated heterocycles. The van der Waals surface area contributed by atoms with Crippen LogP contribution in [0.15, 0.2) is 11.6 Å². The zero-order valence-corrected chi connectivity index (χ0v) is 7.37. The zero-order chi connectivity index (χ0) is 8.85. The minimum atomic E-state index is -0.328. The number of rotatable bonds is 4. The molecule has 0 fully saturated rings. The van der Waals surface area contributed by atoms with E-state index in [1.54, 1.807) is 0 Å². The van der Waals surface area contributed by atoms with E-state index in [0.29, 0.717) is 6.42 Å². The predicted molar refractivity (Wildman–Crippen MR) is 45.3 cm³/mol. The molecule has 0 amide bonds. The number of aliphatic hydroxyl groups is 1. The Bertz CT molecular complexity index is 148. The highest BCUT2D eigenvalue weighted by molar-refractivity contribution is 5.65. The highest BCUT2D eigenvalue weighted by atomic mass is 16.3. The van der Waals surface area contributed by atoms with Gasteiger partial charge in [0, 0.05) is 0 Å². The molecule has 0 rings (SSSR count). The van der Waals surface area contributed by atoms with Crippen LogP contribution in [0.2, 0.25) is 0 Å². The van der Waals surface area contributed by atoms with E-state index in [1.807, 2.05) is 20.8 Å². The fraction of sp³-hybridized carbons (Fsp3) is 0.667. The summed E-state index contributed by atoms with van der Waals surface area (Å²) in [5.74, 6) is 0.255. The average molecular weight is 156 g/mol. The van der Waals surface area contributed by atoms with Crippen molar-refractivity contribution in [3.63, 3.8) is 0 Å². The molecule has 1 atom stereocenters. The Morgan fingerprint density at radius 3 is 2.45 bits per heavy atom. The van der Waals surface area contributed by atoms with Crippen molar-refractivity contribution in [3.8, 4) is 0 Å². The van der Waals surface area contributed by atoms with Crippen molar-refractivity contribution >= 4 is 6.29 Å². The van der Waals surface area contributed by atoms with Crippen LogP contribution < -0.4 is 0 Å². The maximum Gasteiger partial charge on any atom is 0.142 e. The van der Waals surface area contributed by atoms with Gasteiger partial charge in [0.25, 0.3) is 0 Å². The van der Waals surface area contributed by atoms with Gasteiger partial charge in [-0.25, -0.2) is 0 Å². The van der Waals surface area contributed by atoms with Gasteiger partial charge in [0.05, 0.1) is 6.10 Å². The summed E-state index contributed by atoms with van der Waals surface area (Å²) in [6.45, 7) is 5.76. The van der Waals surface area contributed by atoms with Crippen LogP contribution in [0, 0.1) is 5.92 Å². The maximum atomic E-state index is 10.0. The monoisotopic (exact) mass is 156 g/mol. The molecule has 64 valence electrons. The van der Waals surface area contributed by atoms with Crippen molar-refractivity contribution < 1.29 is 9.90 Å². The molecule has 11 heavy (non-hydrogen) atoms. The Morgan fingerprint density at radius 1 is 1.55 bits per heavy atom. The third-order valence-corrected chi connectivity index (χ3v) is 1.65. The standard InChI is InChI=1S/C9H16O2/c1-7(2)9(11)6-8(3)4-5-10/h4-5,7,9,11H,6H2,1-3H3/b8-4+. The lowest BCUT2D eigenvalue weighted by Gasteiger charge is -2.13. The van der Waals surface area contributed by atoms with Crippen LogP contribution in [0.5, 0.6) is 0 Å². The van der Waals surface area contributed by atoms with Gasteiger partial charge in [0.1, 0.15) is 6.29 Å². The molecule has 0 radical (unpaired) electrons. The fourth-order valence-corrected chi connectivity index (χ4v) is 0.750. The molecule has 0 aliphatic heterocycles. The lowest BCUT2D eigenvalue weighted by molar-refractivity contribution is -0.104. The SMILES string of the molecule is C/C(=C\C=O)CC(O)C(C)C. The van der Waals surface area contributed by atoms with Gasteiger partial charge in [-0.3, -0.25) is 4.79 Å². The van der Waals surface area contributed by atoms with Gasteiger partial charge in [0.15, 0.2) is 0 Å². The fourth-order valence-electron chi connectivity index (χ4n) is 0.750. The quantitative estimate of drug-likeness (QED) is 0.495. The highest BCUT2D eigenvalue weighted by Gasteiger charge is 2.08. The van der Waals surface area contributed by atoms with Crippen molar-refractivity contribution in [2.45, 2.75) is 33.3 Å². The van der Waals surface area contributed by atoms with Crippen LogP contribution in [0.4, 0.5) is 0 Å². The first-order chi connectivity index (χ1) is 5.07. The number of hydrogen-bond acceptors (Lipinski definition) is 2. The molecule has 0 heterocycles. The number of hydrogen-bond donors (Lipinski definition) is 1. The van der Waals surface area contributed by atoms with Gasteiger partial charge in [-0.15, -0.1) is 0 Å². The number of carbonyl (C=O) groups is 1. The molecule has 0 aromatic rings. The molecule has 1 N–H and O–H groups in total. The lowest BCUT2D eigenvalue weighted by atomic mass is 10.0. The Balaban J connectivity index is 3.84. The topological polar surface area (TPSA) is 37.3 Å². The van der Waals surface area contributed by atoms with E-state index in [2.05, 4.69) is 0 Å². The largest absolute Gasteiger partial charge is 0.393 e. The summed E-state index contributed by atoms with van der Waals surface area (Å²) in [4.78, 5) is 10.0. The van der Waals surface area contributed by atoms with Gasteiger partial charge in [-0.05, 0) is 25.3 Å². The van der Waals surface area contributed by atoms with Crippen LogP contribution in [0.3, 0.4) is 0 Å². The Morgan fingerprint density at radius 2 is 2.09 bits per heavy atom. The van der Waals surface area contributed by atoms with Crippen molar-refractivity contribution in [1.29, 1.82) is 0 Å². The van der Waals surface area contributed by atoms with E-state index in [-0.39, 0.29) is 12.0 Å². The number of carbonyl (C=O) groups excluding carboxylic acids is 1. The zero-order valence-electron chi connectivity index (χ0n) is 7.37. The van der Waals surface area contributed by atoms with Gasteiger partial charge >= 0.3 is 0 Å². The number of allylic oxidation sites excluding steroid dienone is 1. The second kappa shape index (κ2) is 5.08. The first-order valence-electron chi connectivity index (χ1n) is 3.87. The average Bonchev–Trinajstić information content (AvgIpc) is 1.87. The second-order valence-electron chi connectivity index (χ2n) is 3.16. The van der Waals surface area contributed by atoms with E-state index in [4.69, 9.17) is 0 Å². The molecule has 2 heteroatoms. The van der Waals surface area contributed by atoms with Gasteiger partial charge in [-0.2, -0.15) is 0 Å². The van der Waals surface area contributed by atoms with Gasteiger partial charge in [0.2, 0.25) is 0 Å². The number of aldehydes is 1. The first-order valence-corrected chi connectivity index (χ1v) is 3.87. The molecule has 1 unspecified atom stereocenters. The van der Waals surface area contributed by atoms with E-state index in [0.717, 1.165) is 11.9 Å². The van der Waals surface area contributed by atoms with Crippen LogP contribution in [-0.2, 0) is 4.79 Å². The molecule has 0 spiro atoms. The van der Waals surface area contributed by atoms with Crippen molar-refractivity contribution in [2.75, 3.05) is 0 Å². The third-order valence-electron chi connectivity index (χ3n) is 1.65. The normalized spacial score (nSPS) is 15.2. The summed E-state index contributed by atoms with van der Waals surface area (Å²) in [6, 6.07) is 0. The van der Waals surface area contributed by atoms with E-state index in [1.165, 1.54) is 6.08 Å². The van der Waals surface area contributed by atoms with Crippen LogP contribution >= 0.6 is 0 Å². The summed E-state index contributed by atoms with van der Waals surface area (Å²) in [5, 5.41) is 9.37. The maximum absolute atomic E-state index is 10.0. The Labute approximate surface area is 67.9 Å². The molecule has 0 aliphatic carbocycles. The van der Waals surface area contributed by atoms with E-state index >= 15 is 0 Å². The Kier molecular flexibility index (Phi) is 4.79. The molecule has 2 nitrogen and oxygen atoms in total. The van der Waals surface area contributed by atoms with Gasteiger partial charge < -0.3 is 5.11 Å². The smallest absolute Gasteiger partial charge is 0.142 e. The van der Waals surface area contributed by atoms with Crippen LogP contribution in [0.25, 0.3) is 0 Å². The molecule has 0 aromatic heterocycles. The minimum Gasteiger partial charge on any atom is -0.393 e. The summed E-state index contributed by atoms with van der Waals surface area (Å²) < 4.78 is 0. The lowest BCUT2D eigenvalue weighted by Crippen LogP contribution is -2.14. The summed E-state index contributed by atoms with van der Waals surface area (Å²) in [6.07, 6.45) is 2.51. The first kappa shape index (κ1) is 10.4. The van der Waals surface area contributed by atoms with Crippen LogP contribution in [-0.4, -0.2) is 17.5 Å². The third kappa shape index (κ3) is 4.73. The highest BCUT2D eigenvalue weighted by Crippen LogP contribution is 2.11. The number of aliphatic hydroxyl groups excluding tert-OH is 1. The molecular formula is C9H16O2. The second-order valence-corrected chi connectivity index (χ2v) is 3.16. The van der Waals surface area contributed by atoms with E-state index < -0.39 is 0 Å². The molecule has 0 aliphatic rings. The Hall–Kier alpha value is -0.630. The van der Waals surface area contributed by atoms with Crippen molar-refractivity contribution in [2.24, 2.45) is 5.92 Å². The minimum absolute atomic E-state index is 0.255. The van der Waals surface area contributed by atoms with E-state index in [9.17, 15) is 9.90 Å². The summed E-state index contributed by atoms with van der Waals surface area (Å²) >= 11 is 0. The molecule has 0 saturated carbocycles. The molecular weight excluding hydrogens is 140 g/mol. The predicted octanol–water partition coefficient (Wildman–Crippen LogP) is 1.54.